The molecule has 0 aliphatic rings. The lowest BCUT2D eigenvalue weighted by atomic mass is 10.1. The maximum Gasteiger partial charge on any atom is 0.273 e. The Morgan fingerprint density at radius 1 is 1.50 bits per heavy atom. The van der Waals surface area contributed by atoms with Crippen molar-refractivity contribution in [3.05, 3.63) is 33.9 Å². The highest BCUT2D eigenvalue weighted by molar-refractivity contribution is 7.89. The molecule has 0 bridgehead atoms. The van der Waals surface area contributed by atoms with Gasteiger partial charge in [0.05, 0.1) is 21.8 Å². The molecule has 0 amide bonds. The molecule has 0 aliphatic heterocycles. The molecule has 0 spiro atoms. The number of methoxy groups -OCH3 is 1. The van der Waals surface area contributed by atoms with E-state index in [2.05, 4.69) is 4.72 Å². The second-order valence-corrected chi connectivity index (χ2v) is 6.52. The van der Waals surface area contributed by atoms with Crippen molar-refractivity contribution in [3.8, 4) is 0 Å². The van der Waals surface area contributed by atoms with Crippen LogP contribution >= 0.6 is 11.6 Å². The third-order valence-corrected chi connectivity index (χ3v) is 4.31. The first-order valence-electron chi connectivity index (χ1n) is 5.65. The molecule has 1 atom stereocenters. The maximum atomic E-state index is 11.6. The molecular formula is C11H15ClN2O5S. The number of hydrogen-bond donors (Lipinski definition) is 1. The lowest BCUT2D eigenvalue weighted by Gasteiger charge is -2.10. The molecule has 1 rings (SSSR count). The van der Waals surface area contributed by atoms with E-state index >= 15 is 0 Å². The Balaban J connectivity index is 3.18. The second kappa shape index (κ2) is 6.98. The Kier molecular flexibility index (Phi) is 5.88. The van der Waals surface area contributed by atoms with Gasteiger partial charge >= 0.3 is 0 Å². The van der Waals surface area contributed by atoms with Gasteiger partial charge in [0.25, 0.3) is 5.69 Å². The average Bonchev–Trinajstić information content (AvgIpc) is 2.38. The number of halogens is 1. The monoisotopic (exact) mass is 322 g/mol. The Labute approximate surface area is 122 Å². The number of nitro benzene ring substituents is 1. The molecule has 1 N–H and O–H groups in total. The largest absolute Gasteiger partial charge is 0.383 e. The molecule has 112 valence electrons. The lowest BCUT2D eigenvalue weighted by molar-refractivity contribution is -0.385. The minimum absolute atomic E-state index is 0.159. The summed E-state index contributed by atoms with van der Waals surface area (Å²) in [6, 6.07) is 3.73. The van der Waals surface area contributed by atoms with E-state index < -0.39 is 20.3 Å². The van der Waals surface area contributed by atoms with Gasteiger partial charge in [-0.05, 0) is 19.5 Å². The molecule has 7 nitrogen and oxygen atoms in total. The fourth-order valence-electron chi connectivity index (χ4n) is 1.65. The lowest BCUT2D eigenvalue weighted by Crippen LogP contribution is -2.19. The quantitative estimate of drug-likeness (QED) is 0.463. The number of benzene rings is 1. The minimum Gasteiger partial charge on any atom is -0.383 e. The van der Waals surface area contributed by atoms with Gasteiger partial charge in [0.2, 0.25) is 10.0 Å². The summed E-state index contributed by atoms with van der Waals surface area (Å²) in [5.41, 5.74) is 0.0881. The van der Waals surface area contributed by atoms with Crippen LogP contribution in [0.1, 0.15) is 5.56 Å². The zero-order chi connectivity index (χ0) is 15.3. The van der Waals surface area contributed by atoms with E-state index in [-0.39, 0.29) is 23.6 Å². The molecule has 0 aliphatic carbocycles. The maximum absolute atomic E-state index is 11.6. The normalized spacial score (nSPS) is 13.2. The van der Waals surface area contributed by atoms with E-state index in [0.717, 1.165) is 6.07 Å². The Hall–Kier alpha value is -1.22. The summed E-state index contributed by atoms with van der Waals surface area (Å²) >= 11 is 5.97. The molecule has 0 saturated heterocycles. The molecule has 20 heavy (non-hydrogen) atoms. The van der Waals surface area contributed by atoms with Crippen LogP contribution in [0.15, 0.2) is 23.1 Å². The van der Waals surface area contributed by atoms with Crippen LogP contribution in [0.3, 0.4) is 0 Å². The smallest absolute Gasteiger partial charge is 0.273 e. The van der Waals surface area contributed by atoms with E-state index in [1.807, 2.05) is 0 Å². The zero-order valence-electron chi connectivity index (χ0n) is 11.0. The van der Waals surface area contributed by atoms with E-state index in [9.17, 15) is 18.5 Å². The summed E-state index contributed by atoms with van der Waals surface area (Å²) in [7, 11) is -1.00. The van der Waals surface area contributed by atoms with E-state index in [4.69, 9.17) is 16.3 Å². The fourth-order valence-corrected chi connectivity index (χ4v) is 2.69. The van der Waals surface area contributed by atoms with Gasteiger partial charge in [-0.1, -0.05) is 6.07 Å². The number of rotatable bonds is 7. The van der Waals surface area contributed by atoms with Crippen LogP contribution in [0.2, 0.25) is 0 Å². The number of nitrogens with zero attached hydrogens (tertiary/aromatic N) is 1. The van der Waals surface area contributed by atoms with Gasteiger partial charge in [-0.3, -0.25) is 10.1 Å². The van der Waals surface area contributed by atoms with Crippen molar-refractivity contribution in [2.24, 2.45) is 0 Å². The third-order valence-electron chi connectivity index (χ3n) is 2.62. The summed E-state index contributed by atoms with van der Waals surface area (Å²) in [5, 5.41) is 10.6. The molecule has 0 heterocycles. The van der Waals surface area contributed by atoms with Crippen molar-refractivity contribution in [2.45, 2.75) is 16.7 Å². The second-order valence-electron chi connectivity index (χ2n) is 4.01. The predicted octanol–water partition coefficient (Wildman–Crippen LogP) is 1.30. The molecule has 0 saturated carbocycles. The SMILES string of the molecule is CNS(=O)(=O)c1ccc(CC(Cl)COC)c([N+](=O)[O-])c1. The van der Waals surface area contributed by atoms with Crippen molar-refractivity contribution in [2.75, 3.05) is 20.8 Å². The summed E-state index contributed by atoms with van der Waals surface area (Å²) in [4.78, 5) is 10.3. The first kappa shape index (κ1) is 16.8. The van der Waals surface area contributed by atoms with Gasteiger partial charge < -0.3 is 4.74 Å². The average molecular weight is 323 g/mol. The van der Waals surface area contributed by atoms with Gasteiger partial charge in [-0.2, -0.15) is 0 Å². The molecule has 1 aromatic carbocycles. The van der Waals surface area contributed by atoms with Crippen molar-refractivity contribution >= 4 is 27.3 Å². The molecule has 0 aromatic heterocycles. The summed E-state index contributed by atoms with van der Waals surface area (Å²) < 4.78 is 30.2. The standard InChI is InChI=1S/C11H15ClN2O5S/c1-13-20(17,18)10-4-3-8(5-9(12)7-19-2)11(6-10)14(15)16/h3-4,6,9,13H,5,7H2,1-2H3. The van der Waals surface area contributed by atoms with Crippen molar-refractivity contribution in [1.29, 1.82) is 0 Å². The van der Waals surface area contributed by atoms with E-state index in [0.29, 0.717) is 5.56 Å². The third kappa shape index (κ3) is 4.14. The Morgan fingerprint density at radius 2 is 2.15 bits per heavy atom. The number of nitrogens with one attached hydrogen (secondary N) is 1. The molecule has 1 aromatic rings. The van der Waals surface area contributed by atoms with Crippen LogP contribution in [-0.2, 0) is 21.2 Å². The highest BCUT2D eigenvalue weighted by Gasteiger charge is 2.21. The van der Waals surface area contributed by atoms with Crippen LogP contribution in [0.5, 0.6) is 0 Å². The minimum atomic E-state index is -3.72. The summed E-state index contributed by atoms with van der Waals surface area (Å²) in [6.07, 6.45) is 0.214. The predicted molar refractivity (Wildman–Crippen MR) is 74.6 cm³/mol. The summed E-state index contributed by atoms with van der Waals surface area (Å²) in [5.74, 6) is 0. The highest BCUT2D eigenvalue weighted by atomic mass is 35.5. The number of hydrogen-bond acceptors (Lipinski definition) is 5. The molecule has 0 radical (unpaired) electrons. The van der Waals surface area contributed by atoms with Gasteiger partial charge in [0.1, 0.15) is 0 Å². The first-order chi connectivity index (χ1) is 9.31. The topological polar surface area (TPSA) is 98.5 Å². The Morgan fingerprint density at radius 3 is 2.65 bits per heavy atom. The van der Waals surface area contributed by atoms with Crippen LogP contribution in [0.25, 0.3) is 0 Å². The van der Waals surface area contributed by atoms with E-state index in [1.165, 1.54) is 26.3 Å². The van der Waals surface area contributed by atoms with Crippen LogP contribution in [0.4, 0.5) is 5.69 Å². The van der Waals surface area contributed by atoms with Crippen molar-refractivity contribution in [3.63, 3.8) is 0 Å². The number of sulfonamides is 1. The van der Waals surface area contributed by atoms with E-state index in [1.54, 1.807) is 0 Å². The van der Waals surface area contributed by atoms with Crippen molar-refractivity contribution in [1.82, 2.24) is 4.72 Å². The highest BCUT2D eigenvalue weighted by Crippen LogP contribution is 2.25. The number of alkyl halides is 1. The fraction of sp³-hybridized carbons (Fsp3) is 0.455. The summed E-state index contributed by atoms with van der Waals surface area (Å²) in [6.45, 7) is 0.245. The molecule has 1 unspecified atom stereocenters. The molecule has 0 fully saturated rings. The van der Waals surface area contributed by atoms with Gasteiger partial charge in [0.15, 0.2) is 0 Å². The van der Waals surface area contributed by atoms with Gasteiger partial charge in [-0.15, -0.1) is 11.6 Å². The van der Waals surface area contributed by atoms with Crippen molar-refractivity contribution < 1.29 is 18.1 Å². The zero-order valence-corrected chi connectivity index (χ0v) is 12.6. The van der Waals surface area contributed by atoms with Crippen LogP contribution in [-0.4, -0.2) is 39.5 Å². The number of nitro groups is 1. The van der Waals surface area contributed by atoms with Gasteiger partial charge in [-0.25, -0.2) is 13.1 Å². The van der Waals surface area contributed by atoms with Crippen LogP contribution < -0.4 is 4.72 Å². The first-order valence-corrected chi connectivity index (χ1v) is 7.57. The molecular weight excluding hydrogens is 308 g/mol. The van der Waals surface area contributed by atoms with Crippen LogP contribution in [0, 0.1) is 10.1 Å². The number of ether oxygens (including phenoxy) is 1. The molecule has 9 heteroatoms. The van der Waals surface area contributed by atoms with Gasteiger partial charge in [0, 0.05) is 18.7 Å². The Bertz CT molecular complexity index is 590.